The number of benzene rings is 4. The number of nitrogens with zero attached hydrogens (tertiary/aromatic N) is 2. The fourth-order valence-corrected chi connectivity index (χ4v) is 14.8. The van der Waals surface area contributed by atoms with Crippen LogP contribution in [0.3, 0.4) is 0 Å². The van der Waals surface area contributed by atoms with Crippen molar-refractivity contribution in [1.82, 2.24) is 0 Å². The predicted octanol–water partition coefficient (Wildman–Crippen LogP) is 13.6. The van der Waals surface area contributed by atoms with E-state index >= 15 is 0 Å². The molecule has 0 N–H and O–H groups in total. The van der Waals surface area contributed by atoms with Gasteiger partial charge in [0, 0.05) is 43.0 Å². The SMILES string of the molecule is Cc1cc2c3c(c1)N1c4c(cc(C(C)(C)C)cc4C4(C)CCCCC14C)B3c1sc3cc4c(cc3c1N2c1ccc2c(c1)C(C)(C)CCC2(C)C)C(C)(C)CCC4(C)C. The molecule has 1 saturated carbocycles. The van der Waals surface area contributed by atoms with Crippen molar-refractivity contribution in [3.63, 3.8) is 0 Å². The molecule has 0 bridgehead atoms. The maximum absolute atomic E-state index is 2.92. The van der Waals surface area contributed by atoms with Gasteiger partial charge in [-0.2, -0.15) is 0 Å². The first-order valence-electron chi connectivity index (χ1n) is 23.2. The lowest BCUT2D eigenvalue weighted by Gasteiger charge is -2.52. The number of anilines is 5. The maximum Gasteiger partial charge on any atom is 0.264 e. The summed E-state index contributed by atoms with van der Waals surface area (Å²) in [5.74, 6) is 0. The van der Waals surface area contributed by atoms with Gasteiger partial charge in [-0.3, -0.25) is 0 Å². The average molecular weight is 799 g/mol. The van der Waals surface area contributed by atoms with Gasteiger partial charge in [0.2, 0.25) is 0 Å². The van der Waals surface area contributed by atoms with E-state index in [9.17, 15) is 0 Å². The van der Waals surface area contributed by atoms with Crippen LogP contribution in [0.4, 0.5) is 28.4 Å². The van der Waals surface area contributed by atoms with Crippen molar-refractivity contribution in [2.75, 3.05) is 9.80 Å². The molecule has 4 heteroatoms. The molecule has 0 saturated heterocycles. The lowest BCUT2D eigenvalue weighted by Crippen LogP contribution is -2.64. The second-order valence-corrected chi connectivity index (χ2v) is 25.4. The third kappa shape index (κ3) is 4.88. The molecule has 0 spiro atoms. The molecule has 4 heterocycles. The zero-order chi connectivity index (χ0) is 41.8. The van der Waals surface area contributed by atoms with E-state index in [-0.39, 0.29) is 44.7 Å². The Morgan fingerprint density at radius 3 is 1.85 bits per heavy atom. The normalized spacial score (nSPS) is 26.2. The summed E-state index contributed by atoms with van der Waals surface area (Å²) in [4.78, 5) is 5.70. The molecule has 2 nitrogen and oxygen atoms in total. The Bertz CT molecular complexity index is 2680. The summed E-state index contributed by atoms with van der Waals surface area (Å²) < 4.78 is 2.99. The van der Waals surface area contributed by atoms with Crippen LogP contribution in [0.25, 0.3) is 10.1 Å². The third-order valence-electron chi connectivity index (χ3n) is 17.7. The monoisotopic (exact) mass is 799 g/mol. The summed E-state index contributed by atoms with van der Waals surface area (Å²) >= 11 is 2.11. The molecule has 3 aliphatic carbocycles. The third-order valence-corrected chi connectivity index (χ3v) is 18.9. The van der Waals surface area contributed by atoms with E-state index in [1.807, 2.05) is 0 Å². The Hall–Kier alpha value is -3.50. The van der Waals surface area contributed by atoms with Gasteiger partial charge in [0.15, 0.2) is 0 Å². The van der Waals surface area contributed by atoms with Gasteiger partial charge in [0.1, 0.15) is 0 Å². The fourth-order valence-electron chi connectivity index (χ4n) is 13.4. The molecule has 11 rings (SSSR count). The zero-order valence-electron chi connectivity index (χ0n) is 38.7. The molecule has 3 aliphatic heterocycles. The van der Waals surface area contributed by atoms with Crippen molar-refractivity contribution in [2.45, 2.75) is 186 Å². The molecule has 1 fully saturated rings. The van der Waals surface area contributed by atoms with E-state index in [0.717, 1.165) is 0 Å². The summed E-state index contributed by atoms with van der Waals surface area (Å²) in [6.07, 6.45) is 9.96. The molecule has 59 heavy (non-hydrogen) atoms. The molecule has 2 unspecified atom stereocenters. The van der Waals surface area contributed by atoms with Crippen LogP contribution >= 0.6 is 11.3 Å². The first kappa shape index (κ1) is 38.4. The van der Waals surface area contributed by atoms with E-state index in [0.29, 0.717) is 0 Å². The molecule has 0 amide bonds. The van der Waals surface area contributed by atoms with E-state index in [1.165, 1.54) is 122 Å². The number of hydrogen-bond donors (Lipinski definition) is 0. The predicted molar refractivity (Wildman–Crippen MR) is 258 cm³/mol. The minimum atomic E-state index is 0.00823. The quantitative estimate of drug-likeness (QED) is 0.153. The first-order valence-corrected chi connectivity index (χ1v) is 24.0. The van der Waals surface area contributed by atoms with Gasteiger partial charge in [0.05, 0.1) is 11.2 Å². The highest BCUT2D eigenvalue weighted by molar-refractivity contribution is 7.33. The van der Waals surface area contributed by atoms with Gasteiger partial charge in [-0.05, 0) is 166 Å². The van der Waals surface area contributed by atoms with Crippen LogP contribution < -0.4 is 25.5 Å². The molecule has 4 aromatic carbocycles. The van der Waals surface area contributed by atoms with Gasteiger partial charge in [-0.1, -0.05) is 114 Å². The van der Waals surface area contributed by atoms with Crippen LogP contribution in [0.2, 0.25) is 0 Å². The maximum atomic E-state index is 2.92. The summed E-state index contributed by atoms with van der Waals surface area (Å²) in [7, 11) is 0. The smallest absolute Gasteiger partial charge is 0.264 e. The standard InChI is InChI=1S/C55H67BN2S/c1-32-25-42-45-43(26-32)58-47-40(54(13)19-15-16-20-55(54,58)14)27-33(49(2,3)4)28-41(47)56(45)48-46(35-30-38-39(31-44(35)59-48)53(11,12)24-23-52(38,9)10)57(42)34-17-18-36-37(29-34)51(7,8)22-21-50(36,5)6/h17-18,25-31H,15-16,19-24H2,1-14H3. The molecule has 2 atom stereocenters. The van der Waals surface area contributed by atoms with Crippen LogP contribution in [0.5, 0.6) is 0 Å². The molecule has 5 aromatic rings. The molecule has 6 aliphatic rings. The molecule has 1 aromatic heterocycles. The second kappa shape index (κ2) is 11.5. The minimum Gasteiger partial charge on any atom is -0.335 e. The Labute approximate surface area is 360 Å². The van der Waals surface area contributed by atoms with E-state index in [4.69, 9.17) is 0 Å². The highest BCUT2D eigenvalue weighted by Gasteiger charge is 2.62. The van der Waals surface area contributed by atoms with Gasteiger partial charge < -0.3 is 9.80 Å². The van der Waals surface area contributed by atoms with Gasteiger partial charge in [-0.25, -0.2) is 0 Å². The molecule has 306 valence electrons. The van der Waals surface area contributed by atoms with Gasteiger partial charge >= 0.3 is 0 Å². The Morgan fingerprint density at radius 1 is 0.593 bits per heavy atom. The van der Waals surface area contributed by atoms with Crippen molar-refractivity contribution in [2.24, 2.45) is 0 Å². The number of fused-ring (bicyclic) bond motifs is 11. The Kier molecular flexibility index (Phi) is 7.49. The topological polar surface area (TPSA) is 6.48 Å². The van der Waals surface area contributed by atoms with Gasteiger partial charge in [-0.15, -0.1) is 11.3 Å². The van der Waals surface area contributed by atoms with Crippen molar-refractivity contribution in [3.05, 3.63) is 93.5 Å². The molecular weight excluding hydrogens is 731 g/mol. The highest BCUT2D eigenvalue weighted by Crippen LogP contribution is 2.63. The largest absolute Gasteiger partial charge is 0.335 e. The van der Waals surface area contributed by atoms with Crippen LogP contribution in [0.1, 0.15) is 180 Å². The summed E-state index contributed by atoms with van der Waals surface area (Å²) in [5.41, 5.74) is 21.6. The lowest BCUT2D eigenvalue weighted by molar-refractivity contribution is 0.195. The molecule has 0 radical (unpaired) electrons. The summed E-state index contributed by atoms with van der Waals surface area (Å²) in [6.45, 7) is 35.0. The van der Waals surface area contributed by atoms with Crippen molar-refractivity contribution in [1.29, 1.82) is 0 Å². The van der Waals surface area contributed by atoms with Crippen molar-refractivity contribution < 1.29 is 0 Å². The van der Waals surface area contributed by atoms with Crippen molar-refractivity contribution >= 4 is 72.3 Å². The minimum absolute atomic E-state index is 0.00823. The summed E-state index contributed by atoms with van der Waals surface area (Å²) in [5, 5.41) is 1.44. The highest BCUT2D eigenvalue weighted by atomic mass is 32.1. The number of rotatable bonds is 1. The lowest BCUT2D eigenvalue weighted by atomic mass is 9.36. The van der Waals surface area contributed by atoms with E-state index in [1.54, 1.807) is 22.2 Å². The fraction of sp³-hybridized carbons (Fsp3) is 0.527. The van der Waals surface area contributed by atoms with E-state index in [2.05, 4.69) is 173 Å². The van der Waals surface area contributed by atoms with Gasteiger partial charge in [0.25, 0.3) is 6.71 Å². The Balaban J connectivity index is 1.29. The second-order valence-electron chi connectivity index (χ2n) is 24.3. The van der Waals surface area contributed by atoms with Crippen LogP contribution in [0, 0.1) is 6.92 Å². The van der Waals surface area contributed by atoms with E-state index < -0.39 is 0 Å². The number of thiophene rings is 1. The van der Waals surface area contributed by atoms with Crippen LogP contribution in [0.15, 0.2) is 54.6 Å². The first-order chi connectivity index (χ1) is 27.5. The summed E-state index contributed by atoms with van der Waals surface area (Å²) in [6, 6.07) is 23.5. The average Bonchev–Trinajstić information content (AvgIpc) is 3.63. The van der Waals surface area contributed by atoms with Crippen molar-refractivity contribution in [3.8, 4) is 0 Å². The number of aryl methyl sites for hydroxylation is 1. The van der Waals surface area contributed by atoms with Crippen LogP contribution in [-0.2, 0) is 32.5 Å². The van der Waals surface area contributed by atoms with Crippen LogP contribution in [-0.4, -0.2) is 12.3 Å². The zero-order valence-corrected chi connectivity index (χ0v) is 39.5. The number of hydrogen-bond acceptors (Lipinski definition) is 3. The Morgan fingerprint density at radius 2 is 1.19 bits per heavy atom. The molecular formula is C55H67BN2S.